The van der Waals surface area contributed by atoms with Crippen LogP contribution in [0.5, 0.6) is 0 Å². The van der Waals surface area contributed by atoms with Crippen LogP contribution in [0, 0.1) is 0 Å². The molecule has 0 aromatic heterocycles. The number of hydrogen-bond acceptors (Lipinski definition) is 4. The fraction of sp³-hybridized carbons (Fsp3) is 0.923. The van der Waals surface area contributed by atoms with Gasteiger partial charge in [-0.05, 0) is 33.0 Å². The first-order valence-electron chi connectivity index (χ1n) is 7.22. The Labute approximate surface area is 116 Å². The normalized spacial score (nSPS) is 23.9. The summed E-state index contributed by atoms with van der Waals surface area (Å²) in [5.74, 6) is 0. The van der Waals surface area contributed by atoms with E-state index in [-0.39, 0.29) is 6.03 Å². The number of likely N-dealkylation sites (tertiary alicyclic amines) is 1. The lowest BCUT2D eigenvalue weighted by molar-refractivity contribution is 0.0710. The first kappa shape index (κ1) is 14.6. The number of amides is 2. The molecule has 0 radical (unpaired) electrons. The topological polar surface area (TPSA) is 42.1 Å². The summed E-state index contributed by atoms with van der Waals surface area (Å²) in [6.45, 7) is 6.10. The number of nitrogens with zero attached hydrogens (tertiary/aromatic N) is 4. The van der Waals surface area contributed by atoms with Gasteiger partial charge in [0, 0.05) is 46.3 Å². The lowest BCUT2D eigenvalue weighted by atomic mass is 10.0. The van der Waals surface area contributed by atoms with E-state index in [1.807, 2.05) is 19.0 Å². The minimum atomic E-state index is 0.0213. The quantitative estimate of drug-likeness (QED) is 0.710. The zero-order chi connectivity index (χ0) is 13.8. The maximum atomic E-state index is 11.9. The number of nitrogens with one attached hydrogen (secondary N) is 1. The monoisotopic (exact) mass is 269 g/mol. The number of urea groups is 1. The molecular weight excluding hydrogens is 242 g/mol. The zero-order valence-electron chi connectivity index (χ0n) is 12.4. The van der Waals surface area contributed by atoms with E-state index in [9.17, 15) is 4.79 Å². The van der Waals surface area contributed by atoms with Crippen molar-refractivity contribution in [1.29, 1.82) is 0 Å². The molecule has 2 rings (SSSR count). The van der Waals surface area contributed by atoms with Gasteiger partial charge in [0.25, 0.3) is 0 Å². The summed E-state index contributed by atoms with van der Waals surface area (Å²) in [7, 11) is 5.87. The Bertz CT molecular complexity index is 293. The molecule has 6 heteroatoms. The van der Waals surface area contributed by atoms with Crippen LogP contribution in [0.4, 0.5) is 4.79 Å². The van der Waals surface area contributed by atoms with E-state index >= 15 is 0 Å². The van der Waals surface area contributed by atoms with Crippen LogP contribution in [0.1, 0.15) is 12.8 Å². The van der Waals surface area contributed by atoms with E-state index in [0.29, 0.717) is 0 Å². The van der Waals surface area contributed by atoms with Gasteiger partial charge in [0.05, 0.1) is 0 Å². The van der Waals surface area contributed by atoms with Gasteiger partial charge in [-0.3, -0.25) is 10.3 Å². The van der Waals surface area contributed by atoms with Crippen LogP contribution in [-0.4, -0.2) is 92.2 Å². The molecular formula is C13H27N5O. The molecule has 2 saturated heterocycles. The van der Waals surface area contributed by atoms with E-state index in [2.05, 4.69) is 22.3 Å². The van der Waals surface area contributed by atoms with E-state index in [1.54, 1.807) is 5.01 Å². The molecule has 2 amide bonds. The highest BCUT2D eigenvalue weighted by Crippen LogP contribution is 2.17. The van der Waals surface area contributed by atoms with Crippen LogP contribution in [0.3, 0.4) is 0 Å². The molecule has 0 saturated carbocycles. The Morgan fingerprint density at radius 3 is 2.16 bits per heavy atom. The molecule has 0 aromatic carbocycles. The molecule has 0 unspecified atom stereocenters. The Morgan fingerprint density at radius 1 is 1.05 bits per heavy atom. The number of piperazine rings is 1. The smallest absolute Gasteiger partial charge is 0.321 e. The maximum Gasteiger partial charge on any atom is 0.331 e. The Morgan fingerprint density at radius 2 is 1.63 bits per heavy atom. The van der Waals surface area contributed by atoms with E-state index in [1.165, 1.54) is 25.9 Å². The van der Waals surface area contributed by atoms with Crippen molar-refractivity contribution in [3.63, 3.8) is 0 Å². The number of carbonyl (C=O) groups is 1. The maximum absolute atomic E-state index is 11.9. The molecule has 110 valence electrons. The van der Waals surface area contributed by atoms with E-state index < -0.39 is 0 Å². The summed E-state index contributed by atoms with van der Waals surface area (Å²) in [5.41, 5.74) is 2.81. The highest BCUT2D eigenvalue weighted by Gasteiger charge is 2.28. The van der Waals surface area contributed by atoms with Crippen LogP contribution in [0.25, 0.3) is 0 Å². The minimum absolute atomic E-state index is 0.0213. The SMILES string of the molecule is CN1CCC(N2CCN(C(=O)NN(C)C)CC2)CC1. The summed E-state index contributed by atoms with van der Waals surface area (Å²) in [6.07, 6.45) is 2.53. The lowest BCUT2D eigenvalue weighted by Gasteiger charge is -2.42. The van der Waals surface area contributed by atoms with Crippen molar-refractivity contribution in [2.24, 2.45) is 0 Å². The average Bonchev–Trinajstić information content (AvgIpc) is 2.39. The summed E-state index contributed by atoms with van der Waals surface area (Å²) in [4.78, 5) is 18.8. The first-order valence-corrected chi connectivity index (χ1v) is 7.22. The van der Waals surface area contributed by atoms with Crippen LogP contribution in [-0.2, 0) is 0 Å². The molecule has 0 aliphatic carbocycles. The summed E-state index contributed by atoms with van der Waals surface area (Å²) >= 11 is 0. The van der Waals surface area contributed by atoms with Crippen molar-refractivity contribution in [3.8, 4) is 0 Å². The summed E-state index contributed by atoms with van der Waals surface area (Å²) < 4.78 is 0. The van der Waals surface area contributed by atoms with Crippen molar-refractivity contribution in [1.82, 2.24) is 25.1 Å². The van der Waals surface area contributed by atoms with Gasteiger partial charge in [-0.25, -0.2) is 9.80 Å². The second kappa shape index (κ2) is 6.54. The van der Waals surface area contributed by atoms with Crippen molar-refractivity contribution >= 4 is 6.03 Å². The third-order valence-corrected chi connectivity index (χ3v) is 4.13. The summed E-state index contributed by atoms with van der Waals surface area (Å²) in [6, 6.07) is 0.739. The number of carbonyl (C=O) groups excluding carboxylic acids is 1. The number of rotatable bonds is 2. The molecule has 1 N–H and O–H groups in total. The van der Waals surface area contributed by atoms with Gasteiger partial charge in [0.1, 0.15) is 0 Å². The number of piperidine rings is 1. The van der Waals surface area contributed by atoms with Gasteiger partial charge in [0.15, 0.2) is 0 Å². The van der Waals surface area contributed by atoms with Crippen LogP contribution >= 0.6 is 0 Å². The fourth-order valence-electron chi connectivity index (χ4n) is 2.91. The van der Waals surface area contributed by atoms with Crippen LogP contribution in [0.2, 0.25) is 0 Å². The van der Waals surface area contributed by atoms with Crippen molar-refractivity contribution in [2.45, 2.75) is 18.9 Å². The molecule has 0 spiro atoms. The molecule has 0 aromatic rings. The average molecular weight is 269 g/mol. The van der Waals surface area contributed by atoms with E-state index in [0.717, 1.165) is 32.2 Å². The largest absolute Gasteiger partial charge is 0.331 e. The third kappa shape index (κ3) is 4.06. The van der Waals surface area contributed by atoms with Gasteiger partial charge < -0.3 is 9.80 Å². The fourth-order valence-corrected chi connectivity index (χ4v) is 2.91. The van der Waals surface area contributed by atoms with Crippen molar-refractivity contribution in [2.75, 3.05) is 60.4 Å². The van der Waals surface area contributed by atoms with Crippen LogP contribution < -0.4 is 5.43 Å². The van der Waals surface area contributed by atoms with Gasteiger partial charge in [-0.15, -0.1) is 0 Å². The lowest BCUT2D eigenvalue weighted by Crippen LogP contribution is -2.56. The molecule has 2 fully saturated rings. The van der Waals surface area contributed by atoms with Gasteiger partial charge >= 0.3 is 6.03 Å². The Balaban J connectivity index is 1.74. The molecule has 6 nitrogen and oxygen atoms in total. The third-order valence-electron chi connectivity index (χ3n) is 4.13. The molecule has 0 atom stereocenters. The Kier molecular flexibility index (Phi) is 5.01. The molecule has 19 heavy (non-hydrogen) atoms. The first-order chi connectivity index (χ1) is 9.06. The number of hydrazine groups is 1. The van der Waals surface area contributed by atoms with E-state index in [4.69, 9.17) is 0 Å². The molecule has 2 heterocycles. The molecule has 0 bridgehead atoms. The predicted octanol–water partition coefficient (Wildman–Crippen LogP) is -0.116. The van der Waals surface area contributed by atoms with Gasteiger partial charge in [-0.2, -0.15) is 0 Å². The number of hydrogen-bond donors (Lipinski definition) is 1. The van der Waals surface area contributed by atoms with Crippen LogP contribution in [0.15, 0.2) is 0 Å². The van der Waals surface area contributed by atoms with Gasteiger partial charge in [0.2, 0.25) is 0 Å². The zero-order valence-corrected chi connectivity index (χ0v) is 12.4. The minimum Gasteiger partial charge on any atom is -0.321 e. The standard InChI is InChI=1S/C13H27N5O/c1-15(2)14-13(19)18-10-8-17(9-11-18)12-4-6-16(3)7-5-12/h12H,4-11H2,1-3H3,(H,14,19). The highest BCUT2D eigenvalue weighted by molar-refractivity contribution is 5.73. The molecule has 2 aliphatic heterocycles. The highest BCUT2D eigenvalue weighted by atomic mass is 16.2. The predicted molar refractivity (Wildman–Crippen MR) is 75.9 cm³/mol. The second-order valence-electron chi connectivity index (χ2n) is 5.87. The Hall–Kier alpha value is -0.850. The van der Waals surface area contributed by atoms with Gasteiger partial charge in [-0.1, -0.05) is 0 Å². The molecule has 2 aliphatic rings. The second-order valence-corrected chi connectivity index (χ2v) is 5.87. The summed E-state index contributed by atoms with van der Waals surface area (Å²) in [5, 5.41) is 1.70. The van der Waals surface area contributed by atoms with Crippen molar-refractivity contribution < 1.29 is 4.79 Å². The van der Waals surface area contributed by atoms with Crippen molar-refractivity contribution in [3.05, 3.63) is 0 Å².